The molecule has 0 amide bonds. The van der Waals surface area contributed by atoms with Crippen molar-refractivity contribution >= 4 is 14.6 Å². The van der Waals surface area contributed by atoms with Gasteiger partial charge in [0.05, 0.1) is 12.2 Å². The Bertz CT molecular complexity index is 307. The van der Waals surface area contributed by atoms with Gasteiger partial charge in [0.15, 0.2) is 8.32 Å². The molecular formula is C16H32O3Si. The Morgan fingerprint density at radius 1 is 1.20 bits per heavy atom. The number of aliphatic hydroxyl groups is 1. The van der Waals surface area contributed by atoms with Crippen molar-refractivity contribution in [3.8, 4) is 0 Å². The minimum atomic E-state index is -1.93. The van der Waals surface area contributed by atoms with E-state index in [1.807, 2.05) is 20.1 Å². The van der Waals surface area contributed by atoms with Crippen molar-refractivity contribution in [3.63, 3.8) is 0 Å². The summed E-state index contributed by atoms with van der Waals surface area (Å²) in [5.74, 6) is -0.602. The predicted octanol–water partition coefficient (Wildman–Crippen LogP) is 3.59. The second-order valence-corrected chi connectivity index (χ2v) is 12.3. The van der Waals surface area contributed by atoms with Crippen molar-refractivity contribution in [1.82, 2.24) is 0 Å². The maximum Gasteiger partial charge on any atom is 0.204 e. The SMILES string of the molecule is [CH2][C@H](C)[C@H](O[Si](C)(C)C(C)(C)C)[C@H](C)[C@H](O)[C@@H](C)[C]=O. The molecule has 5 atom stereocenters. The summed E-state index contributed by atoms with van der Waals surface area (Å²) in [5.41, 5.74) is 0. The van der Waals surface area contributed by atoms with E-state index in [1.54, 1.807) is 6.92 Å². The molecule has 0 bridgehead atoms. The fourth-order valence-corrected chi connectivity index (χ4v) is 3.46. The zero-order valence-electron chi connectivity index (χ0n) is 14.4. The van der Waals surface area contributed by atoms with Crippen molar-refractivity contribution in [2.24, 2.45) is 17.8 Å². The van der Waals surface area contributed by atoms with Crippen molar-refractivity contribution < 1.29 is 14.3 Å². The third kappa shape index (κ3) is 4.97. The largest absolute Gasteiger partial charge is 0.413 e. The van der Waals surface area contributed by atoms with Gasteiger partial charge in [0, 0.05) is 11.8 Å². The Balaban J connectivity index is 5.13. The molecule has 118 valence electrons. The first-order valence-electron chi connectivity index (χ1n) is 7.41. The van der Waals surface area contributed by atoms with Crippen molar-refractivity contribution in [2.75, 3.05) is 0 Å². The molecule has 0 aromatic heterocycles. The second kappa shape index (κ2) is 7.19. The topological polar surface area (TPSA) is 46.5 Å². The monoisotopic (exact) mass is 300 g/mol. The molecule has 0 aliphatic heterocycles. The van der Waals surface area contributed by atoms with Gasteiger partial charge in [-0.25, -0.2) is 0 Å². The number of rotatable bonds is 7. The second-order valence-electron chi connectivity index (χ2n) is 7.58. The van der Waals surface area contributed by atoms with Crippen LogP contribution >= 0.6 is 0 Å². The van der Waals surface area contributed by atoms with Gasteiger partial charge in [-0.15, -0.1) is 0 Å². The minimum absolute atomic E-state index is 0.0487. The van der Waals surface area contributed by atoms with Gasteiger partial charge >= 0.3 is 0 Å². The van der Waals surface area contributed by atoms with Crippen LogP contribution in [0.4, 0.5) is 0 Å². The molecule has 0 aromatic rings. The van der Waals surface area contributed by atoms with E-state index in [-0.39, 0.29) is 23.0 Å². The molecule has 0 unspecified atom stereocenters. The van der Waals surface area contributed by atoms with E-state index in [9.17, 15) is 9.90 Å². The summed E-state index contributed by atoms with van der Waals surface area (Å²) in [6.45, 7) is 20.6. The van der Waals surface area contributed by atoms with Crippen LogP contribution in [0.2, 0.25) is 18.1 Å². The zero-order chi connectivity index (χ0) is 16.3. The van der Waals surface area contributed by atoms with Crippen molar-refractivity contribution in [2.45, 2.75) is 71.9 Å². The summed E-state index contributed by atoms with van der Waals surface area (Å²) in [7, 11) is -1.93. The van der Waals surface area contributed by atoms with Crippen molar-refractivity contribution in [3.05, 3.63) is 6.92 Å². The quantitative estimate of drug-likeness (QED) is 0.731. The molecule has 0 saturated carbocycles. The van der Waals surface area contributed by atoms with E-state index >= 15 is 0 Å². The summed E-state index contributed by atoms with van der Waals surface area (Å²) >= 11 is 0. The lowest BCUT2D eigenvalue weighted by Gasteiger charge is -2.43. The average Bonchev–Trinajstić information content (AvgIpc) is 2.31. The van der Waals surface area contributed by atoms with E-state index in [2.05, 4.69) is 40.8 Å². The fourth-order valence-electron chi connectivity index (χ4n) is 1.98. The van der Waals surface area contributed by atoms with Gasteiger partial charge in [-0.3, -0.25) is 4.79 Å². The molecule has 4 heteroatoms. The Morgan fingerprint density at radius 3 is 1.95 bits per heavy atom. The number of hydrogen-bond donors (Lipinski definition) is 1. The highest BCUT2D eigenvalue weighted by Crippen LogP contribution is 2.39. The van der Waals surface area contributed by atoms with Crippen LogP contribution < -0.4 is 0 Å². The van der Waals surface area contributed by atoms with Gasteiger partial charge in [-0.05, 0) is 31.0 Å². The zero-order valence-corrected chi connectivity index (χ0v) is 15.4. The van der Waals surface area contributed by atoms with Crippen LogP contribution in [0.25, 0.3) is 0 Å². The molecule has 0 fully saturated rings. The molecular weight excluding hydrogens is 268 g/mol. The molecule has 0 aromatic carbocycles. The molecule has 0 heterocycles. The standard InChI is InChI=1S/C16H32O3Si/c1-11(2)15(13(4)14(18)12(3)10-17)19-20(8,9)16(5,6)7/h11-15,18H,1H2,2-9H3/t11-,12+,13-,14-,15+/m1/s1. The van der Waals surface area contributed by atoms with Crippen LogP contribution in [-0.4, -0.2) is 31.9 Å². The average molecular weight is 301 g/mol. The summed E-state index contributed by atoms with van der Waals surface area (Å²) in [6.07, 6.45) is 0.973. The van der Waals surface area contributed by atoms with Crippen LogP contribution in [0.3, 0.4) is 0 Å². The fraction of sp³-hybridized carbons (Fsp3) is 0.875. The highest BCUT2D eigenvalue weighted by molar-refractivity contribution is 6.74. The Labute approximate surface area is 126 Å². The van der Waals surface area contributed by atoms with E-state index in [0.717, 1.165) is 0 Å². The van der Waals surface area contributed by atoms with Gasteiger partial charge in [0.1, 0.15) is 0 Å². The van der Waals surface area contributed by atoms with Crippen LogP contribution in [0.5, 0.6) is 0 Å². The lowest BCUT2D eigenvalue weighted by molar-refractivity contribution is -0.00231. The van der Waals surface area contributed by atoms with E-state index < -0.39 is 20.3 Å². The maximum absolute atomic E-state index is 10.8. The van der Waals surface area contributed by atoms with Crippen molar-refractivity contribution in [1.29, 1.82) is 0 Å². The van der Waals surface area contributed by atoms with Gasteiger partial charge in [-0.2, -0.15) is 0 Å². The molecule has 0 saturated heterocycles. The number of carbonyl (C=O) groups excluding carboxylic acids is 1. The predicted molar refractivity (Wildman–Crippen MR) is 86.6 cm³/mol. The summed E-state index contributed by atoms with van der Waals surface area (Å²) in [5, 5.41) is 10.4. The molecule has 3 nitrogen and oxygen atoms in total. The lowest BCUT2D eigenvalue weighted by Crippen LogP contribution is -2.49. The van der Waals surface area contributed by atoms with E-state index in [1.165, 1.54) is 0 Å². The van der Waals surface area contributed by atoms with E-state index in [0.29, 0.717) is 0 Å². The molecule has 0 rings (SSSR count). The molecule has 0 spiro atoms. The summed E-state index contributed by atoms with van der Waals surface area (Å²) < 4.78 is 6.43. The smallest absolute Gasteiger partial charge is 0.204 e. The highest BCUT2D eigenvalue weighted by atomic mass is 28.4. The van der Waals surface area contributed by atoms with Crippen LogP contribution in [0.15, 0.2) is 0 Å². The van der Waals surface area contributed by atoms with Gasteiger partial charge in [0.2, 0.25) is 6.29 Å². The summed E-state index contributed by atoms with van der Waals surface area (Å²) in [4.78, 5) is 10.8. The third-order valence-electron chi connectivity index (χ3n) is 4.55. The maximum atomic E-state index is 10.8. The van der Waals surface area contributed by atoms with Gasteiger partial charge in [0.25, 0.3) is 0 Å². The molecule has 1 N–H and O–H groups in total. The molecule has 0 aliphatic carbocycles. The van der Waals surface area contributed by atoms with Gasteiger partial charge in [-0.1, -0.05) is 41.5 Å². The third-order valence-corrected chi connectivity index (χ3v) is 9.03. The van der Waals surface area contributed by atoms with Crippen LogP contribution in [0, 0.1) is 24.7 Å². The van der Waals surface area contributed by atoms with Crippen LogP contribution in [-0.2, 0) is 9.22 Å². The Kier molecular flexibility index (Phi) is 7.12. The van der Waals surface area contributed by atoms with Crippen LogP contribution in [0.1, 0.15) is 41.5 Å². The minimum Gasteiger partial charge on any atom is -0.413 e. The number of aliphatic hydroxyl groups excluding tert-OH is 1. The van der Waals surface area contributed by atoms with Gasteiger partial charge < -0.3 is 9.53 Å². The molecule has 2 radical (unpaired) electrons. The summed E-state index contributed by atoms with van der Waals surface area (Å²) in [6, 6.07) is 0. The first-order chi connectivity index (χ1) is 8.85. The Morgan fingerprint density at radius 2 is 1.65 bits per heavy atom. The molecule has 0 aliphatic rings. The normalized spacial score (nSPS) is 19.6. The first-order valence-corrected chi connectivity index (χ1v) is 10.3. The molecule has 20 heavy (non-hydrogen) atoms. The Hall–Kier alpha value is -0.193. The van der Waals surface area contributed by atoms with E-state index in [4.69, 9.17) is 4.43 Å². The number of hydrogen-bond acceptors (Lipinski definition) is 3. The first kappa shape index (κ1) is 19.8. The lowest BCUT2D eigenvalue weighted by atomic mass is 9.85. The highest BCUT2D eigenvalue weighted by Gasteiger charge is 2.42.